The molecule has 0 saturated carbocycles. The molecule has 2 heterocycles. The molecule has 2 aromatic rings. The molecule has 4 rings (SSSR count). The summed E-state index contributed by atoms with van der Waals surface area (Å²) in [6, 6.07) is 11.0. The third kappa shape index (κ3) is 9.70. The molecule has 5 nitrogen and oxygen atoms in total. The largest absolute Gasteiger partial charge is 0.386 e. The van der Waals surface area contributed by atoms with Gasteiger partial charge in [0.2, 0.25) is 0 Å². The molecule has 1 aromatic heterocycles. The molecule has 0 unspecified atom stereocenters. The highest BCUT2D eigenvalue weighted by Gasteiger charge is 2.23. The van der Waals surface area contributed by atoms with Crippen molar-refractivity contribution in [3.63, 3.8) is 0 Å². The second kappa shape index (κ2) is 18.1. The molecule has 0 bridgehead atoms. The third-order valence-corrected chi connectivity index (χ3v) is 7.99. The van der Waals surface area contributed by atoms with Gasteiger partial charge in [0.1, 0.15) is 0 Å². The first kappa shape index (κ1) is 32.9. The van der Waals surface area contributed by atoms with Crippen LogP contribution in [-0.4, -0.2) is 42.6 Å². The summed E-state index contributed by atoms with van der Waals surface area (Å²) in [6.45, 7) is 11.7. The summed E-state index contributed by atoms with van der Waals surface area (Å²) >= 11 is 1.81. The van der Waals surface area contributed by atoms with Gasteiger partial charge < -0.3 is 10.2 Å². The first-order valence-corrected chi connectivity index (χ1v) is 15.2. The zero-order valence-corrected chi connectivity index (χ0v) is 24.6. The number of anilines is 1. The fourth-order valence-electron chi connectivity index (χ4n) is 4.92. The van der Waals surface area contributed by atoms with E-state index in [1.165, 1.54) is 21.8 Å². The van der Waals surface area contributed by atoms with Crippen molar-refractivity contribution in [1.82, 2.24) is 15.2 Å². The molecule has 0 spiro atoms. The Morgan fingerprint density at radius 1 is 1.10 bits per heavy atom. The van der Waals surface area contributed by atoms with Crippen LogP contribution in [0.5, 0.6) is 0 Å². The Kier molecular flexibility index (Phi) is 14.9. The molecular weight excluding hydrogens is 510 g/mol. The zero-order valence-electron chi connectivity index (χ0n) is 23.8. The van der Waals surface area contributed by atoms with E-state index in [1.807, 2.05) is 25.2 Å². The van der Waals surface area contributed by atoms with Crippen LogP contribution in [0.1, 0.15) is 82.5 Å². The molecule has 1 aliphatic carbocycles. The van der Waals surface area contributed by atoms with E-state index in [-0.39, 0.29) is 7.43 Å². The number of nitrogens with zero attached hydrogens (tertiary/aromatic N) is 4. The van der Waals surface area contributed by atoms with Gasteiger partial charge in [0.15, 0.2) is 0 Å². The van der Waals surface area contributed by atoms with E-state index in [4.69, 9.17) is 16.7 Å². The number of thiazole rings is 1. The van der Waals surface area contributed by atoms with E-state index in [1.54, 1.807) is 0 Å². The predicted molar refractivity (Wildman–Crippen MR) is 173 cm³/mol. The number of hydrogen-bond acceptors (Lipinski definition) is 6. The summed E-state index contributed by atoms with van der Waals surface area (Å²) in [6.07, 6.45) is 18.7. The highest BCUT2D eigenvalue weighted by molar-refractivity contribution is 7.09. The van der Waals surface area contributed by atoms with E-state index in [0.717, 1.165) is 63.4 Å². The van der Waals surface area contributed by atoms with Gasteiger partial charge in [-0.25, -0.2) is 4.98 Å². The van der Waals surface area contributed by atoms with Gasteiger partial charge in [0, 0.05) is 55.3 Å². The molecule has 1 aliphatic heterocycles. The van der Waals surface area contributed by atoms with Crippen LogP contribution in [0.3, 0.4) is 0 Å². The number of hydrogen-bond donors (Lipinski definition) is 1. The number of likely N-dealkylation sites (N-methyl/N-ethyl adjacent to an activating group) is 1. The summed E-state index contributed by atoms with van der Waals surface area (Å²) in [7, 11) is 0. The van der Waals surface area contributed by atoms with Crippen LogP contribution in [0, 0.1) is 23.7 Å². The van der Waals surface area contributed by atoms with Crippen molar-refractivity contribution < 1.29 is 0 Å². The lowest BCUT2D eigenvalue weighted by molar-refractivity contribution is 0.204. The van der Waals surface area contributed by atoms with Crippen molar-refractivity contribution in [2.75, 3.05) is 37.6 Å². The number of likely N-dealkylation sites (tertiary alicyclic amines) is 1. The minimum atomic E-state index is 0. The third-order valence-electron chi connectivity index (χ3n) is 6.98. The lowest BCUT2D eigenvalue weighted by Crippen LogP contribution is -2.32. The van der Waals surface area contributed by atoms with Crippen molar-refractivity contribution >= 4 is 22.6 Å². The first-order chi connectivity index (χ1) is 19.2. The number of nitriles is 1. The molecule has 2 aliphatic rings. The fourth-order valence-corrected chi connectivity index (χ4v) is 5.92. The zero-order chi connectivity index (χ0) is 27.9. The molecule has 1 fully saturated rings. The van der Waals surface area contributed by atoms with Crippen molar-refractivity contribution in [2.24, 2.45) is 0 Å². The number of rotatable bonds is 11. The molecule has 1 N–H and O–H groups in total. The number of piperidine rings is 1. The summed E-state index contributed by atoms with van der Waals surface area (Å²) in [5, 5.41) is 15.9. The minimum absolute atomic E-state index is 0. The quantitative estimate of drug-likeness (QED) is 0.286. The van der Waals surface area contributed by atoms with Gasteiger partial charge in [-0.3, -0.25) is 4.90 Å². The smallest absolute Gasteiger partial charge is 0.0964 e. The Bertz CT molecular complexity index is 1170. The molecule has 0 radical (unpaired) electrons. The van der Waals surface area contributed by atoms with Crippen molar-refractivity contribution in [3.05, 3.63) is 75.9 Å². The Morgan fingerprint density at radius 2 is 1.82 bits per heavy atom. The highest BCUT2D eigenvalue weighted by atomic mass is 32.1. The Balaban J connectivity index is 0.00000183. The summed E-state index contributed by atoms with van der Waals surface area (Å²) < 4.78 is 0. The number of benzene rings is 1. The Hall–Kier alpha value is -3.32. The number of nitrogens with one attached hydrogen (secondary N) is 1. The lowest BCUT2D eigenvalue weighted by Gasteiger charge is -2.31. The SMILES string of the molecule is C.C#CCCN(CCC#N)c1ccc(CN2CCC(c3nc(C4=CCC=C(NCC)C=C4)cs3)CC2)cc1.CC. The maximum atomic E-state index is 8.97. The number of terminal acetylenes is 1. The molecule has 40 heavy (non-hydrogen) atoms. The lowest BCUT2D eigenvalue weighted by atomic mass is 9.97. The van der Waals surface area contributed by atoms with Crippen LogP contribution in [-0.2, 0) is 6.54 Å². The summed E-state index contributed by atoms with van der Waals surface area (Å²) in [5.74, 6) is 3.26. The summed E-state index contributed by atoms with van der Waals surface area (Å²) in [4.78, 5) is 9.81. The molecular formula is C34H47N5S. The average Bonchev–Trinajstić information content (AvgIpc) is 3.35. The van der Waals surface area contributed by atoms with Gasteiger partial charge in [-0.15, -0.1) is 23.7 Å². The van der Waals surface area contributed by atoms with E-state index in [9.17, 15) is 0 Å². The molecule has 214 valence electrons. The van der Waals surface area contributed by atoms with Crippen LogP contribution in [0.4, 0.5) is 5.69 Å². The van der Waals surface area contributed by atoms with E-state index >= 15 is 0 Å². The predicted octanol–water partition coefficient (Wildman–Crippen LogP) is 7.77. The van der Waals surface area contributed by atoms with Gasteiger partial charge in [0.05, 0.1) is 23.2 Å². The molecule has 1 saturated heterocycles. The average molecular weight is 558 g/mol. The standard InChI is InChI=1S/C31H37N5S.C2H6.CH4/c1-3-5-19-36(20-7-18-32)29-14-10-25(11-15-29)23-35-21-16-27(17-22-35)31-34-30(24-37-31)26-8-6-9-28(13-12-26)33-4-2;1-2;/h1,8-15,24,27,33H,4-7,16-17,19-23H2,2H3;1-2H3;1H4. The van der Waals surface area contributed by atoms with Gasteiger partial charge in [-0.1, -0.05) is 51.6 Å². The minimum Gasteiger partial charge on any atom is -0.386 e. The molecule has 0 atom stereocenters. The van der Waals surface area contributed by atoms with Gasteiger partial charge in [-0.05, 0) is 68.6 Å². The van der Waals surface area contributed by atoms with Crippen LogP contribution in [0.2, 0.25) is 0 Å². The maximum absolute atomic E-state index is 8.97. The molecule has 1 aromatic carbocycles. The second-order valence-corrected chi connectivity index (χ2v) is 10.4. The van der Waals surface area contributed by atoms with Crippen LogP contribution in [0.25, 0.3) is 5.57 Å². The highest BCUT2D eigenvalue weighted by Crippen LogP contribution is 2.33. The van der Waals surface area contributed by atoms with E-state index < -0.39 is 0 Å². The second-order valence-electron chi connectivity index (χ2n) is 9.56. The van der Waals surface area contributed by atoms with Crippen LogP contribution >= 0.6 is 11.3 Å². The van der Waals surface area contributed by atoms with Crippen molar-refractivity contribution in [1.29, 1.82) is 5.26 Å². The van der Waals surface area contributed by atoms with Crippen LogP contribution < -0.4 is 10.2 Å². The molecule has 0 amide bonds. The number of allylic oxidation sites excluding steroid dienone is 5. The van der Waals surface area contributed by atoms with E-state index in [0.29, 0.717) is 25.3 Å². The van der Waals surface area contributed by atoms with Crippen molar-refractivity contribution in [3.8, 4) is 18.4 Å². The van der Waals surface area contributed by atoms with Gasteiger partial charge >= 0.3 is 0 Å². The van der Waals surface area contributed by atoms with Crippen molar-refractivity contribution in [2.45, 2.75) is 72.8 Å². The van der Waals surface area contributed by atoms with Crippen LogP contribution in [0.15, 0.2) is 59.6 Å². The maximum Gasteiger partial charge on any atom is 0.0964 e. The Labute approximate surface area is 247 Å². The fraction of sp³-hybridized carbons (Fsp3) is 0.471. The molecule has 6 heteroatoms. The number of aromatic nitrogens is 1. The normalized spacial score (nSPS) is 15.2. The van der Waals surface area contributed by atoms with E-state index in [2.05, 4.69) is 88.0 Å². The van der Waals surface area contributed by atoms with Gasteiger partial charge in [0.25, 0.3) is 0 Å². The summed E-state index contributed by atoms with van der Waals surface area (Å²) in [5.41, 5.74) is 5.98. The monoisotopic (exact) mass is 557 g/mol. The van der Waals surface area contributed by atoms with Gasteiger partial charge in [-0.2, -0.15) is 5.26 Å². The Morgan fingerprint density at radius 3 is 2.50 bits per heavy atom. The first-order valence-electron chi connectivity index (χ1n) is 14.3. The topological polar surface area (TPSA) is 55.2 Å².